The molecule has 6 heavy (non-hydrogen) atoms. The molecule has 0 saturated carbocycles. The van der Waals surface area contributed by atoms with Crippen molar-refractivity contribution in [1.29, 1.82) is 0 Å². The molecule has 0 aliphatic heterocycles. The van der Waals surface area contributed by atoms with Gasteiger partial charge in [-0.2, -0.15) is 0 Å². The molecule has 0 aliphatic rings. The van der Waals surface area contributed by atoms with Crippen LogP contribution in [0.3, 0.4) is 0 Å². The van der Waals surface area contributed by atoms with Gasteiger partial charge in [0.1, 0.15) is 0 Å². The molecular weight excluding hydrogens is 233 g/mol. The summed E-state index contributed by atoms with van der Waals surface area (Å²) in [6, 6.07) is 0. The minimum atomic E-state index is -1.66. The molecule has 0 rings (SSSR count). The first-order chi connectivity index (χ1) is 2.73. The fourth-order valence-electron chi connectivity index (χ4n) is 0. The van der Waals surface area contributed by atoms with E-state index in [4.69, 9.17) is 29.1 Å². The standard InChI is InChI=1S/C2H5.3ClH.Rh/c1-2;;;;/h1H2,2H3;3*1H;/q;;;;+3/p-3. The monoisotopic (exact) mass is 237 g/mol. The van der Waals surface area contributed by atoms with Crippen molar-refractivity contribution in [2.75, 3.05) is 0 Å². The molecule has 0 fully saturated rings. The molecule has 0 spiro atoms. The number of hydrogen-bond donors (Lipinski definition) is 0. The van der Waals surface area contributed by atoms with Gasteiger partial charge in [-0.05, 0) is 0 Å². The van der Waals surface area contributed by atoms with E-state index >= 15 is 0 Å². The predicted molar refractivity (Wildman–Crippen MR) is 28.6 cm³/mol. The van der Waals surface area contributed by atoms with E-state index in [2.05, 4.69) is 6.92 Å². The molecule has 0 bridgehead atoms. The molecule has 0 aromatic heterocycles. The van der Waals surface area contributed by atoms with Gasteiger partial charge >= 0.3 is 42.1 Å². The maximum atomic E-state index is 4.94. The summed E-state index contributed by atoms with van der Waals surface area (Å²) in [5.41, 5.74) is 0. The zero-order valence-corrected chi connectivity index (χ0v) is 7.08. The molecular formula is C2H5Cl3Rh. The quantitative estimate of drug-likeness (QED) is 0.569. The van der Waals surface area contributed by atoms with Crippen LogP contribution in [-0.4, -0.2) is 0 Å². The molecule has 0 aromatic carbocycles. The van der Waals surface area contributed by atoms with Crippen molar-refractivity contribution in [3.8, 4) is 0 Å². The third-order valence-corrected chi connectivity index (χ3v) is 0. The number of halogens is 3. The molecule has 0 saturated heterocycles. The van der Waals surface area contributed by atoms with Crippen molar-refractivity contribution in [3.05, 3.63) is 6.92 Å². The van der Waals surface area contributed by atoms with Crippen LogP contribution in [0, 0.1) is 6.92 Å². The van der Waals surface area contributed by atoms with E-state index in [1.54, 1.807) is 6.92 Å². The van der Waals surface area contributed by atoms with Crippen molar-refractivity contribution in [2.24, 2.45) is 0 Å². The Kier molecular flexibility index (Phi) is 16.9. The van der Waals surface area contributed by atoms with Crippen LogP contribution in [-0.2, 0) is 13.0 Å². The van der Waals surface area contributed by atoms with Gasteiger partial charge in [-0.15, -0.1) is 0 Å². The molecule has 0 heterocycles. The van der Waals surface area contributed by atoms with Crippen LogP contribution >= 0.6 is 29.1 Å². The summed E-state index contributed by atoms with van der Waals surface area (Å²) in [6.45, 7) is 5.00. The van der Waals surface area contributed by atoms with Crippen molar-refractivity contribution < 1.29 is 13.0 Å². The van der Waals surface area contributed by atoms with E-state index in [1.807, 2.05) is 0 Å². The van der Waals surface area contributed by atoms with Gasteiger partial charge in [-0.3, -0.25) is 0 Å². The van der Waals surface area contributed by atoms with Gasteiger partial charge in [0.05, 0.1) is 0 Å². The van der Waals surface area contributed by atoms with Gasteiger partial charge < -0.3 is 0 Å². The Labute approximate surface area is 55.8 Å². The zero-order chi connectivity index (χ0) is 5.58. The topological polar surface area (TPSA) is 0 Å². The molecule has 1 radical (unpaired) electrons. The average molecular weight is 238 g/mol. The fourth-order valence-corrected chi connectivity index (χ4v) is 0. The van der Waals surface area contributed by atoms with Crippen LogP contribution in [0.2, 0.25) is 0 Å². The van der Waals surface area contributed by atoms with Gasteiger partial charge in [0.15, 0.2) is 0 Å². The van der Waals surface area contributed by atoms with Crippen LogP contribution in [0.25, 0.3) is 0 Å². The Hall–Kier alpha value is 1.49. The molecule has 0 unspecified atom stereocenters. The molecule has 0 aromatic rings. The second kappa shape index (κ2) is 9.71. The first kappa shape index (κ1) is 10.5. The Morgan fingerprint density at radius 1 is 1.17 bits per heavy atom. The normalized spacial score (nSPS) is 8.50. The maximum absolute atomic E-state index is 4.94. The van der Waals surface area contributed by atoms with Crippen molar-refractivity contribution in [3.63, 3.8) is 0 Å². The summed E-state index contributed by atoms with van der Waals surface area (Å²) in [7, 11) is 14.8. The summed E-state index contributed by atoms with van der Waals surface area (Å²) in [6.07, 6.45) is 0. The minimum absolute atomic E-state index is 1.66. The number of rotatable bonds is 0. The van der Waals surface area contributed by atoms with Crippen LogP contribution in [0.1, 0.15) is 6.92 Å². The van der Waals surface area contributed by atoms with E-state index in [9.17, 15) is 0 Å². The second-order valence-corrected chi connectivity index (χ2v) is 7.61. The van der Waals surface area contributed by atoms with Crippen LogP contribution in [0.15, 0.2) is 0 Å². The Balaban J connectivity index is 0. The molecule has 4 heteroatoms. The van der Waals surface area contributed by atoms with Gasteiger partial charge in [-0.1, -0.05) is 13.8 Å². The van der Waals surface area contributed by atoms with Gasteiger partial charge in [-0.25, -0.2) is 0 Å². The first-order valence-corrected chi connectivity index (χ1v) is 7.42. The molecule has 0 N–H and O–H groups in total. The van der Waals surface area contributed by atoms with E-state index in [1.165, 1.54) is 0 Å². The summed E-state index contributed by atoms with van der Waals surface area (Å²) in [4.78, 5) is 0. The Morgan fingerprint density at radius 3 is 1.17 bits per heavy atom. The molecule has 43 valence electrons. The van der Waals surface area contributed by atoms with Crippen LogP contribution in [0.5, 0.6) is 0 Å². The third kappa shape index (κ3) is 49.7. The summed E-state index contributed by atoms with van der Waals surface area (Å²) < 4.78 is 0. The third-order valence-electron chi connectivity index (χ3n) is 0. The second-order valence-electron chi connectivity index (χ2n) is 0.143. The van der Waals surface area contributed by atoms with Crippen molar-refractivity contribution in [1.82, 2.24) is 0 Å². The average Bonchev–Trinajstić information content (AvgIpc) is 1.41. The molecule has 0 atom stereocenters. The first-order valence-electron chi connectivity index (χ1n) is 1.09. The van der Waals surface area contributed by atoms with Crippen molar-refractivity contribution >= 4 is 29.1 Å². The Morgan fingerprint density at radius 2 is 1.17 bits per heavy atom. The molecule has 0 aliphatic carbocycles. The molecule has 0 amide bonds. The molecule has 0 nitrogen and oxygen atoms in total. The Bertz CT molecular complexity index is 13.5. The SMILES string of the molecule is [CH2]C.[Cl][Rh]([Cl])[Cl]. The van der Waals surface area contributed by atoms with E-state index in [0.717, 1.165) is 0 Å². The van der Waals surface area contributed by atoms with Gasteiger partial charge in [0.2, 0.25) is 0 Å². The fraction of sp³-hybridized carbons (Fsp3) is 0.500. The summed E-state index contributed by atoms with van der Waals surface area (Å²) >= 11 is -1.66. The van der Waals surface area contributed by atoms with E-state index in [0.29, 0.717) is 0 Å². The zero-order valence-electron chi connectivity index (χ0n) is 3.17. The predicted octanol–water partition coefficient (Wildman–Crippen LogP) is 2.91. The summed E-state index contributed by atoms with van der Waals surface area (Å²) in [5, 5.41) is 0. The summed E-state index contributed by atoms with van der Waals surface area (Å²) in [5.74, 6) is 0. The van der Waals surface area contributed by atoms with Crippen LogP contribution < -0.4 is 0 Å². The van der Waals surface area contributed by atoms with Gasteiger partial charge in [0.25, 0.3) is 0 Å². The van der Waals surface area contributed by atoms with Crippen molar-refractivity contribution in [2.45, 2.75) is 6.92 Å². The number of hydrogen-bond acceptors (Lipinski definition) is 0. The van der Waals surface area contributed by atoms with E-state index < -0.39 is 13.0 Å². The van der Waals surface area contributed by atoms with E-state index in [-0.39, 0.29) is 0 Å². The van der Waals surface area contributed by atoms with Gasteiger partial charge in [0, 0.05) is 0 Å². The van der Waals surface area contributed by atoms with Crippen LogP contribution in [0.4, 0.5) is 0 Å².